The Morgan fingerprint density at radius 2 is 2.08 bits per heavy atom. The Labute approximate surface area is 72.6 Å². The standard InChI is InChI=1S/C8H16N2O2/c11-6-3-9-8(12)7-10-4-1-2-5-10/h11H,1-7H2,(H,9,12). The average Bonchev–Trinajstić information content (AvgIpc) is 2.53. The molecule has 1 fully saturated rings. The van der Waals surface area contributed by atoms with E-state index in [-0.39, 0.29) is 12.5 Å². The van der Waals surface area contributed by atoms with Crippen molar-refractivity contribution >= 4 is 5.91 Å². The van der Waals surface area contributed by atoms with Gasteiger partial charge in [0, 0.05) is 6.54 Å². The number of likely N-dealkylation sites (tertiary alicyclic amines) is 1. The van der Waals surface area contributed by atoms with Crippen LogP contribution in [0.2, 0.25) is 0 Å². The lowest BCUT2D eigenvalue weighted by Crippen LogP contribution is -2.36. The summed E-state index contributed by atoms with van der Waals surface area (Å²) in [5, 5.41) is 11.1. The van der Waals surface area contributed by atoms with Gasteiger partial charge in [0.05, 0.1) is 13.2 Å². The van der Waals surface area contributed by atoms with Crippen LogP contribution in [0.1, 0.15) is 12.8 Å². The van der Waals surface area contributed by atoms with Gasteiger partial charge in [-0.1, -0.05) is 0 Å². The molecule has 1 amide bonds. The average molecular weight is 172 g/mol. The van der Waals surface area contributed by atoms with Gasteiger partial charge < -0.3 is 10.4 Å². The molecule has 0 aliphatic carbocycles. The predicted molar refractivity (Wildman–Crippen MR) is 45.8 cm³/mol. The van der Waals surface area contributed by atoms with E-state index in [1.54, 1.807) is 0 Å². The summed E-state index contributed by atoms with van der Waals surface area (Å²) >= 11 is 0. The lowest BCUT2D eigenvalue weighted by molar-refractivity contribution is -0.122. The second-order valence-corrected chi connectivity index (χ2v) is 3.06. The third-order valence-corrected chi connectivity index (χ3v) is 2.00. The number of nitrogens with zero attached hydrogens (tertiary/aromatic N) is 1. The third kappa shape index (κ3) is 3.19. The number of rotatable bonds is 4. The molecule has 4 nitrogen and oxygen atoms in total. The summed E-state index contributed by atoms with van der Waals surface area (Å²) in [6, 6.07) is 0. The van der Waals surface area contributed by atoms with Crippen LogP contribution >= 0.6 is 0 Å². The minimum Gasteiger partial charge on any atom is -0.395 e. The van der Waals surface area contributed by atoms with Crippen LogP contribution in [0, 0.1) is 0 Å². The Morgan fingerprint density at radius 3 is 2.67 bits per heavy atom. The van der Waals surface area contributed by atoms with E-state index in [2.05, 4.69) is 10.2 Å². The van der Waals surface area contributed by atoms with Crippen LogP contribution in [0.4, 0.5) is 0 Å². The van der Waals surface area contributed by atoms with Crippen molar-refractivity contribution in [2.75, 3.05) is 32.8 Å². The van der Waals surface area contributed by atoms with E-state index in [4.69, 9.17) is 5.11 Å². The van der Waals surface area contributed by atoms with Gasteiger partial charge >= 0.3 is 0 Å². The molecule has 70 valence electrons. The number of amides is 1. The van der Waals surface area contributed by atoms with Gasteiger partial charge in [-0.15, -0.1) is 0 Å². The second kappa shape index (κ2) is 5.11. The molecule has 4 heteroatoms. The highest BCUT2D eigenvalue weighted by Gasteiger charge is 2.14. The van der Waals surface area contributed by atoms with Crippen LogP contribution in [-0.2, 0) is 4.79 Å². The predicted octanol–water partition coefficient (Wildman–Crippen LogP) is -0.809. The van der Waals surface area contributed by atoms with Gasteiger partial charge in [0.2, 0.25) is 5.91 Å². The summed E-state index contributed by atoms with van der Waals surface area (Å²) in [7, 11) is 0. The number of aliphatic hydroxyl groups excluding tert-OH is 1. The van der Waals surface area contributed by atoms with Gasteiger partial charge in [0.15, 0.2) is 0 Å². The molecule has 0 saturated carbocycles. The highest BCUT2D eigenvalue weighted by Crippen LogP contribution is 2.05. The van der Waals surface area contributed by atoms with Crippen molar-refractivity contribution in [3.8, 4) is 0 Å². The lowest BCUT2D eigenvalue weighted by Gasteiger charge is -2.13. The molecule has 0 aromatic heterocycles. The van der Waals surface area contributed by atoms with Crippen molar-refractivity contribution in [3.05, 3.63) is 0 Å². The first kappa shape index (κ1) is 9.48. The zero-order chi connectivity index (χ0) is 8.81. The monoisotopic (exact) mass is 172 g/mol. The second-order valence-electron chi connectivity index (χ2n) is 3.06. The van der Waals surface area contributed by atoms with E-state index in [1.165, 1.54) is 12.8 Å². The summed E-state index contributed by atoms with van der Waals surface area (Å²) in [6.45, 7) is 2.94. The van der Waals surface area contributed by atoms with Gasteiger partial charge in [-0.25, -0.2) is 0 Å². The first-order valence-corrected chi connectivity index (χ1v) is 4.43. The summed E-state index contributed by atoms with van der Waals surface area (Å²) in [6.07, 6.45) is 2.40. The quantitative estimate of drug-likeness (QED) is 0.583. The summed E-state index contributed by atoms with van der Waals surface area (Å²) in [5.41, 5.74) is 0. The van der Waals surface area contributed by atoms with Crippen LogP contribution in [-0.4, -0.2) is 48.7 Å². The smallest absolute Gasteiger partial charge is 0.234 e. The van der Waals surface area contributed by atoms with E-state index < -0.39 is 0 Å². The molecule has 12 heavy (non-hydrogen) atoms. The maximum atomic E-state index is 11.1. The van der Waals surface area contributed by atoms with Gasteiger partial charge in [-0.3, -0.25) is 9.69 Å². The van der Waals surface area contributed by atoms with Crippen molar-refractivity contribution < 1.29 is 9.90 Å². The fraction of sp³-hybridized carbons (Fsp3) is 0.875. The number of hydrogen-bond donors (Lipinski definition) is 2. The molecule has 1 rings (SSSR count). The molecule has 1 aliphatic heterocycles. The summed E-state index contributed by atoms with van der Waals surface area (Å²) < 4.78 is 0. The van der Waals surface area contributed by atoms with Crippen molar-refractivity contribution in [3.63, 3.8) is 0 Å². The topological polar surface area (TPSA) is 52.6 Å². The summed E-state index contributed by atoms with van der Waals surface area (Å²) in [5.74, 6) is 0.0194. The molecule has 0 spiro atoms. The Hall–Kier alpha value is -0.610. The van der Waals surface area contributed by atoms with Gasteiger partial charge in [-0.05, 0) is 25.9 Å². The lowest BCUT2D eigenvalue weighted by atomic mass is 10.4. The number of hydrogen-bond acceptors (Lipinski definition) is 3. The maximum absolute atomic E-state index is 11.1. The Morgan fingerprint density at radius 1 is 1.42 bits per heavy atom. The van der Waals surface area contributed by atoms with E-state index in [9.17, 15) is 4.79 Å². The fourth-order valence-electron chi connectivity index (χ4n) is 1.40. The molecule has 1 aliphatic rings. The van der Waals surface area contributed by atoms with Crippen LogP contribution in [0.3, 0.4) is 0 Å². The SMILES string of the molecule is O=C(CN1CCCC1)NCCO. The molecular weight excluding hydrogens is 156 g/mol. The van der Waals surface area contributed by atoms with Crippen LogP contribution in [0.25, 0.3) is 0 Å². The summed E-state index contributed by atoms with van der Waals surface area (Å²) in [4.78, 5) is 13.2. The number of carbonyl (C=O) groups excluding carboxylic acids is 1. The third-order valence-electron chi connectivity index (χ3n) is 2.00. The molecule has 0 aromatic rings. The molecule has 0 aromatic carbocycles. The minimum absolute atomic E-state index is 0.0194. The van der Waals surface area contributed by atoms with E-state index >= 15 is 0 Å². The molecule has 1 heterocycles. The number of aliphatic hydroxyl groups is 1. The van der Waals surface area contributed by atoms with E-state index in [1.807, 2.05) is 0 Å². The Bertz CT molecular complexity index is 144. The number of carbonyl (C=O) groups is 1. The Balaban J connectivity index is 2.08. The molecule has 0 unspecified atom stereocenters. The van der Waals surface area contributed by atoms with Crippen molar-refractivity contribution in [2.45, 2.75) is 12.8 Å². The van der Waals surface area contributed by atoms with Crippen LogP contribution < -0.4 is 5.32 Å². The fourth-order valence-corrected chi connectivity index (χ4v) is 1.40. The highest BCUT2D eigenvalue weighted by molar-refractivity contribution is 5.77. The molecule has 0 atom stereocenters. The largest absolute Gasteiger partial charge is 0.395 e. The molecule has 0 bridgehead atoms. The van der Waals surface area contributed by atoms with Crippen molar-refractivity contribution in [2.24, 2.45) is 0 Å². The maximum Gasteiger partial charge on any atom is 0.234 e. The first-order valence-electron chi connectivity index (χ1n) is 4.43. The molecule has 1 saturated heterocycles. The molecule has 0 radical (unpaired) electrons. The molecular formula is C8H16N2O2. The van der Waals surface area contributed by atoms with Crippen molar-refractivity contribution in [1.29, 1.82) is 0 Å². The molecule has 2 N–H and O–H groups in total. The van der Waals surface area contributed by atoms with Gasteiger partial charge in [0.25, 0.3) is 0 Å². The normalized spacial score (nSPS) is 18.1. The first-order chi connectivity index (χ1) is 5.83. The zero-order valence-corrected chi connectivity index (χ0v) is 7.25. The zero-order valence-electron chi connectivity index (χ0n) is 7.25. The van der Waals surface area contributed by atoms with E-state index in [0.29, 0.717) is 13.1 Å². The minimum atomic E-state index is 0.0194. The number of nitrogens with one attached hydrogen (secondary N) is 1. The van der Waals surface area contributed by atoms with Crippen molar-refractivity contribution in [1.82, 2.24) is 10.2 Å². The van der Waals surface area contributed by atoms with Gasteiger partial charge in [-0.2, -0.15) is 0 Å². The van der Waals surface area contributed by atoms with Gasteiger partial charge in [0.1, 0.15) is 0 Å². The highest BCUT2D eigenvalue weighted by atomic mass is 16.3. The van der Waals surface area contributed by atoms with Crippen LogP contribution in [0.15, 0.2) is 0 Å². The van der Waals surface area contributed by atoms with Crippen LogP contribution in [0.5, 0.6) is 0 Å². The van der Waals surface area contributed by atoms with E-state index in [0.717, 1.165) is 13.1 Å². The Kier molecular flexibility index (Phi) is 4.04.